The number of hydrogen-bond donors (Lipinski definition) is 1. The van der Waals surface area contributed by atoms with Crippen LogP contribution in [0.1, 0.15) is 77.0 Å². The quantitative estimate of drug-likeness (QED) is 0.612. The van der Waals surface area contributed by atoms with Gasteiger partial charge in [0.1, 0.15) is 22.9 Å². The number of likely N-dealkylation sites (tertiary alicyclic amines) is 1. The second-order valence-electron chi connectivity index (χ2n) is 9.52. The smallest absolute Gasteiger partial charge is 0.272 e. The van der Waals surface area contributed by atoms with Crippen LogP contribution in [0.2, 0.25) is 0 Å². The fourth-order valence-corrected chi connectivity index (χ4v) is 4.61. The fourth-order valence-electron chi connectivity index (χ4n) is 4.61. The molecule has 0 aliphatic carbocycles. The Morgan fingerprint density at radius 1 is 1.30 bits per heavy atom. The minimum Gasteiger partial charge on any atom is -0.487 e. The number of nitrogens with one attached hydrogen (secondary N) is 1. The standard InChI is InChI=1S/C26H34FN3O3.H2/c1-5-18(4)29-20-7-8-22(28-16-20)25(31)30-12-10-26(11-13-30)15-24(32-17(2)3)21-14-19(27)6-9-23(21)33-26;/h6-9,14,16-18,24,29H,5,10-13,15H2,1-4H3;1H/t18-,24-;/m1./s1. The molecule has 7 heteroatoms. The zero-order valence-corrected chi connectivity index (χ0v) is 19.9. The van der Waals surface area contributed by atoms with Crippen molar-refractivity contribution in [2.24, 2.45) is 0 Å². The number of carbonyl (C=O) groups excluding carboxylic acids is 1. The molecule has 0 radical (unpaired) electrons. The summed E-state index contributed by atoms with van der Waals surface area (Å²) in [4.78, 5) is 19.3. The van der Waals surface area contributed by atoms with Crippen molar-refractivity contribution in [3.63, 3.8) is 0 Å². The van der Waals surface area contributed by atoms with Crippen LogP contribution in [0.4, 0.5) is 10.1 Å². The number of rotatable bonds is 6. The van der Waals surface area contributed by atoms with E-state index in [2.05, 4.69) is 24.1 Å². The molecule has 33 heavy (non-hydrogen) atoms. The lowest BCUT2D eigenvalue weighted by Crippen LogP contribution is -2.52. The number of pyridine rings is 1. The third kappa shape index (κ3) is 5.29. The van der Waals surface area contributed by atoms with Crippen LogP contribution < -0.4 is 10.1 Å². The maximum Gasteiger partial charge on any atom is 0.272 e. The summed E-state index contributed by atoms with van der Waals surface area (Å²) in [6.45, 7) is 9.37. The summed E-state index contributed by atoms with van der Waals surface area (Å²) in [5, 5.41) is 3.37. The summed E-state index contributed by atoms with van der Waals surface area (Å²) in [6.07, 6.45) is 4.57. The van der Waals surface area contributed by atoms with Gasteiger partial charge in [0, 0.05) is 45.4 Å². The van der Waals surface area contributed by atoms with Crippen molar-refractivity contribution in [2.45, 2.75) is 77.2 Å². The van der Waals surface area contributed by atoms with Crippen molar-refractivity contribution in [2.75, 3.05) is 18.4 Å². The summed E-state index contributed by atoms with van der Waals surface area (Å²) >= 11 is 0. The Kier molecular flexibility index (Phi) is 6.88. The number of anilines is 1. The SMILES string of the molecule is CC[C@@H](C)Nc1ccc(C(=O)N2CCC3(CC2)C[C@@H](OC(C)C)c2cc(F)ccc2O3)nc1.[HH]. The number of piperidine rings is 1. The average Bonchev–Trinajstić information content (AvgIpc) is 2.80. The Morgan fingerprint density at radius 2 is 2.06 bits per heavy atom. The molecule has 2 atom stereocenters. The van der Waals surface area contributed by atoms with Gasteiger partial charge in [-0.2, -0.15) is 0 Å². The van der Waals surface area contributed by atoms with E-state index in [1.807, 2.05) is 24.8 Å². The van der Waals surface area contributed by atoms with E-state index in [4.69, 9.17) is 9.47 Å². The second-order valence-corrected chi connectivity index (χ2v) is 9.52. The van der Waals surface area contributed by atoms with Crippen molar-refractivity contribution in [1.29, 1.82) is 0 Å². The van der Waals surface area contributed by atoms with Crippen LogP contribution in [0.25, 0.3) is 0 Å². The molecule has 2 aliphatic rings. The Hall–Kier alpha value is -2.67. The molecule has 1 amide bonds. The van der Waals surface area contributed by atoms with Crippen molar-refractivity contribution < 1.29 is 20.1 Å². The maximum atomic E-state index is 13.9. The number of halogens is 1. The first kappa shape index (κ1) is 23.5. The molecule has 1 fully saturated rings. The summed E-state index contributed by atoms with van der Waals surface area (Å²) in [6, 6.07) is 8.68. The Labute approximate surface area is 197 Å². The Balaban J connectivity index is 0.00000324. The number of fused-ring (bicyclic) bond motifs is 1. The fraction of sp³-hybridized carbons (Fsp3) is 0.538. The number of benzene rings is 1. The first-order chi connectivity index (χ1) is 15.8. The van der Waals surface area contributed by atoms with Gasteiger partial charge in [-0.15, -0.1) is 0 Å². The van der Waals surface area contributed by atoms with Crippen LogP contribution in [-0.4, -0.2) is 46.6 Å². The summed E-state index contributed by atoms with van der Waals surface area (Å²) < 4.78 is 26.4. The van der Waals surface area contributed by atoms with E-state index in [1.165, 1.54) is 12.1 Å². The largest absolute Gasteiger partial charge is 0.487 e. The Bertz CT molecular complexity index is 978. The zero-order valence-electron chi connectivity index (χ0n) is 19.9. The molecule has 1 aromatic heterocycles. The van der Waals surface area contributed by atoms with Crippen molar-refractivity contribution in [1.82, 2.24) is 9.88 Å². The highest BCUT2D eigenvalue weighted by Gasteiger charge is 2.45. The van der Waals surface area contributed by atoms with E-state index in [0.29, 0.717) is 49.8 Å². The monoisotopic (exact) mass is 457 g/mol. The lowest BCUT2D eigenvalue weighted by atomic mass is 9.81. The lowest BCUT2D eigenvalue weighted by Gasteiger charge is -2.47. The molecule has 2 aromatic rings. The number of hydrogen-bond acceptors (Lipinski definition) is 5. The van der Waals surface area contributed by atoms with Gasteiger partial charge in [0.2, 0.25) is 0 Å². The molecule has 1 saturated heterocycles. The third-order valence-electron chi connectivity index (χ3n) is 6.61. The van der Waals surface area contributed by atoms with Crippen LogP contribution in [0.3, 0.4) is 0 Å². The van der Waals surface area contributed by atoms with E-state index in [9.17, 15) is 9.18 Å². The molecule has 0 saturated carbocycles. The maximum absolute atomic E-state index is 13.9. The van der Waals surface area contributed by atoms with Crippen LogP contribution in [0, 0.1) is 5.82 Å². The minimum atomic E-state index is -0.418. The predicted octanol–water partition coefficient (Wildman–Crippen LogP) is 5.60. The number of ether oxygens (including phenoxy) is 2. The first-order valence-corrected chi connectivity index (χ1v) is 11.9. The van der Waals surface area contributed by atoms with Crippen LogP contribution in [0.5, 0.6) is 5.75 Å². The van der Waals surface area contributed by atoms with E-state index < -0.39 is 5.60 Å². The van der Waals surface area contributed by atoms with Crippen molar-refractivity contribution in [3.8, 4) is 5.75 Å². The van der Waals surface area contributed by atoms with E-state index in [1.54, 1.807) is 18.3 Å². The van der Waals surface area contributed by atoms with Crippen molar-refractivity contribution >= 4 is 11.6 Å². The van der Waals surface area contributed by atoms with E-state index in [-0.39, 0.29) is 25.4 Å². The predicted molar refractivity (Wildman–Crippen MR) is 128 cm³/mol. The molecule has 3 heterocycles. The lowest BCUT2D eigenvalue weighted by molar-refractivity contribution is -0.0874. The topological polar surface area (TPSA) is 63.7 Å². The van der Waals surface area contributed by atoms with Gasteiger partial charge in [-0.05, 0) is 57.5 Å². The van der Waals surface area contributed by atoms with Crippen molar-refractivity contribution in [3.05, 3.63) is 53.6 Å². The van der Waals surface area contributed by atoms with Gasteiger partial charge in [-0.25, -0.2) is 9.37 Å². The van der Waals surface area contributed by atoms with Gasteiger partial charge >= 0.3 is 0 Å². The third-order valence-corrected chi connectivity index (χ3v) is 6.61. The number of carbonyl (C=O) groups is 1. The molecule has 180 valence electrons. The normalized spacial score (nSPS) is 20.3. The highest BCUT2D eigenvalue weighted by Crippen LogP contribution is 2.46. The molecular formula is C26H36FN3O3. The van der Waals surface area contributed by atoms with Crippen LogP contribution >= 0.6 is 0 Å². The van der Waals surface area contributed by atoms with Gasteiger partial charge in [0.15, 0.2) is 0 Å². The molecule has 1 spiro atoms. The molecular weight excluding hydrogens is 421 g/mol. The van der Waals surface area contributed by atoms with E-state index in [0.717, 1.165) is 17.7 Å². The van der Waals surface area contributed by atoms with Gasteiger partial charge in [-0.3, -0.25) is 4.79 Å². The molecule has 0 unspecified atom stereocenters. The molecule has 6 nitrogen and oxygen atoms in total. The summed E-state index contributed by atoms with van der Waals surface area (Å²) in [7, 11) is 0. The second kappa shape index (κ2) is 9.67. The number of nitrogens with zero attached hydrogens (tertiary/aromatic N) is 2. The van der Waals surface area contributed by atoms with E-state index >= 15 is 0 Å². The van der Waals surface area contributed by atoms with Gasteiger partial charge in [0.25, 0.3) is 5.91 Å². The minimum absolute atomic E-state index is 0. The zero-order chi connectivity index (χ0) is 23.6. The highest BCUT2D eigenvalue weighted by molar-refractivity contribution is 5.92. The average molecular weight is 458 g/mol. The first-order valence-electron chi connectivity index (χ1n) is 11.9. The van der Waals surface area contributed by atoms with Crippen LogP contribution in [0.15, 0.2) is 36.5 Å². The summed E-state index contributed by atoms with van der Waals surface area (Å²) in [5.41, 5.74) is 1.72. The summed E-state index contributed by atoms with van der Waals surface area (Å²) in [5.74, 6) is 0.330. The highest BCUT2D eigenvalue weighted by atomic mass is 19.1. The van der Waals surface area contributed by atoms with Gasteiger partial charge in [0.05, 0.1) is 24.1 Å². The Morgan fingerprint density at radius 3 is 2.70 bits per heavy atom. The van der Waals surface area contributed by atoms with Crippen LogP contribution in [-0.2, 0) is 4.74 Å². The van der Waals surface area contributed by atoms with Gasteiger partial charge < -0.3 is 19.7 Å². The molecule has 0 bridgehead atoms. The molecule has 1 N–H and O–H groups in total. The number of aromatic nitrogens is 1. The van der Waals surface area contributed by atoms with Gasteiger partial charge in [-0.1, -0.05) is 6.92 Å². The molecule has 4 rings (SSSR count). The number of amides is 1. The molecule has 1 aromatic carbocycles. The molecule has 2 aliphatic heterocycles.